The van der Waals surface area contributed by atoms with Crippen molar-refractivity contribution >= 4 is 151 Å². The second-order valence-corrected chi connectivity index (χ2v) is 46.3. The molecule has 27 rings (SSSR count). The molecule has 8 aromatic rings. The summed E-state index contributed by atoms with van der Waals surface area (Å²) in [4.78, 5) is 70.4. The minimum Gasteiger partial charge on any atom is -0.531 e. The smallest absolute Gasteiger partial charge is 0.531 e. The van der Waals surface area contributed by atoms with Gasteiger partial charge in [0.2, 0.25) is 10.0 Å². The largest absolute Gasteiger partial charge is 0.555 e. The number of pyridine rings is 6. The molecule has 0 radical (unpaired) electrons. The number of H-pyrrole nitrogens is 2. The first-order chi connectivity index (χ1) is 71.8. The van der Waals surface area contributed by atoms with Crippen LogP contribution < -0.4 is 38.0 Å². The van der Waals surface area contributed by atoms with Crippen LogP contribution in [0.15, 0.2) is 121 Å². The Bertz CT molecular complexity index is 6950. The van der Waals surface area contributed by atoms with Gasteiger partial charge in [0.05, 0.1) is 84.0 Å². The maximum atomic E-state index is 12.4. The number of aromatic amines is 2. The topological polar surface area (TPSA) is 446 Å². The number of hydrogen-bond donors (Lipinski definition) is 11. The summed E-state index contributed by atoms with van der Waals surface area (Å²) in [6.07, 6.45) is 52.7. The third-order valence-electron chi connectivity index (χ3n) is 33.2. The third-order valence-corrected chi connectivity index (χ3v) is 34.8. The number of rotatable bonds is 15. The number of aromatic nitrogens is 8. The molecule has 1 saturated heterocycles. The van der Waals surface area contributed by atoms with Gasteiger partial charge in [0.15, 0.2) is 0 Å². The first-order valence-electron chi connectivity index (χ1n) is 53.5. The Labute approximate surface area is 871 Å². The quantitative estimate of drug-likeness (QED) is 0.0425. The molecule has 2 amide bonds. The van der Waals surface area contributed by atoms with Crippen LogP contribution in [0.1, 0.15) is 262 Å². The number of amides is 2. The van der Waals surface area contributed by atoms with Crippen molar-refractivity contribution in [2.24, 2.45) is 65.1 Å². The maximum Gasteiger partial charge on any atom is 0.555 e. The Morgan fingerprint density at radius 2 is 0.966 bits per heavy atom. The molecule has 4 bridgehead atoms. The van der Waals surface area contributed by atoms with Gasteiger partial charge in [-0.25, -0.2) is 32.7 Å². The fourth-order valence-corrected chi connectivity index (χ4v) is 28.0. The summed E-state index contributed by atoms with van der Waals surface area (Å²) in [7, 11) is -7.01. The first kappa shape index (κ1) is 103. The highest BCUT2D eigenvalue weighted by Crippen LogP contribution is 2.63. The number of nitrogens with one attached hydrogen (secondary N) is 4. The normalized spacial score (nSPS) is 26.6. The molecule has 15 heterocycles. The number of likely N-dealkylation sites (tertiary alicyclic amines) is 1. The lowest BCUT2D eigenvalue weighted by Crippen LogP contribution is -2.55. The van der Waals surface area contributed by atoms with Crippen molar-refractivity contribution in [2.75, 3.05) is 32.6 Å². The Hall–Kier alpha value is -11.6. The summed E-state index contributed by atoms with van der Waals surface area (Å²) in [6, 6.07) is 4.10. The number of ketones is 1. The van der Waals surface area contributed by atoms with Gasteiger partial charge in [0.25, 0.3) is 0 Å². The molecular weight excluding hydrogens is 1910 g/mol. The molecule has 5 unspecified atom stereocenters. The molecule has 8 saturated carbocycles. The van der Waals surface area contributed by atoms with Gasteiger partial charge in [0, 0.05) is 143 Å². The van der Waals surface area contributed by atoms with Crippen LogP contribution in [-0.4, -0.2) is 211 Å². The van der Waals surface area contributed by atoms with Crippen molar-refractivity contribution in [1.82, 2.24) is 54.8 Å². The minimum absolute atomic E-state index is 0.0364. The van der Waals surface area contributed by atoms with Crippen LogP contribution in [0, 0.1) is 65.1 Å². The molecule has 8 aromatic heterocycles. The van der Waals surface area contributed by atoms with Crippen molar-refractivity contribution in [2.45, 2.75) is 239 Å². The van der Waals surface area contributed by atoms with Crippen molar-refractivity contribution in [3.05, 3.63) is 200 Å². The number of hydrogen-bond acceptors (Lipinski definition) is 27. The average molecular weight is 2040 g/mol. The molecule has 776 valence electrons. The number of nitrogens with zero attached hydrogens (tertiary/aromatic N) is 7. The number of carbonyl (C=O) groups is 3. The molecule has 9 fully saturated rings. The molecule has 0 spiro atoms. The van der Waals surface area contributed by atoms with E-state index in [9.17, 15) is 58.1 Å². The number of alkyl carbamates (subject to hydrolysis) is 1. The van der Waals surface area contributed by atoms with Gasteiger partial charge in [-0.05, 0) is 303 Å². The van der Waals surface area contributed by atoms with Crippen LogP contribution in [0.3, 0.4) is 0 Å². The molecule has 19 aliphatic rings. The predicted molar refractivity (Wildman–Crippen MR) is 575 cm³/mol. The minimum atomic E-state index is -3.20. The molecule has 39 heteroatoms. The predicted octanol–water partition coefficient (Wildman–Crippen LogP) is 15.6. The van der Waals surface area contributed by atoms with E-state index in [0.717, 1.165) is 252 Å². The Morgan fingerprint density at radius 3 is 1.42 bits per heavy atom. The summed E-state index contributed by atoms with van der Waals surface area (Å²) < 4.78 is 76.4. The van der Waals surface area contributed by atoms with Crippen molar-refractivity contribution in [1.29, 1.82) is 0 Å². The first-order valence-corrected chi connectivity index (χ1v) is 55.1. The Morgan fingerprint density at radius 1 is 0.530 bits per heavy atom. The molecule has 32 nitrogen and oxygen atoms in total. The highest BCUT2D eigenvalue weighted by atomic mass is 32.2. The maximum absolute atomic E-state index is 12.4. The lowest BCUT2D eigenvalue weighted by atomic mass is 9.48. The molecule has 0 aromatic carbocycles. The molecule has 149 heavy (non-hydrogen) atoms. The van der Waals surface area contributed by atoms with Crippen LogP contribution in [0.2, 0.25) is 0 Å². The second kappa shape index (κ2) is 42.9. The molecule has 12 aliphatic carbocycles. The molecule has 7 atom stereocenters. The number of ether oxygens (including phenoxy) is 3. The zero-order valence-corrected chi connectivity index (χ0v) is 86.8. The van der Waals surface area contributed by atoms with Gasteiger partial charge in [-0.2, -0.15) is 0 Å². The van der Waals surface area contributed by atoms with E-state index in [0.29, 0.717) is 108 Å². The van der Waals surface area contributed by atoms with Crippen LogP contribution >= 0.6 is 0 Å². The fraction of sp³-hybridized carbons (Fsp3) is 0.482. The van der Waals surface area contributed by atoms with E-state index in [4.69, 9.17) is 42.1 Å². The zero-order chi connectivity index (χ0) is 104. The molecule has 11 N–H and O–H groups in total. The second-order valence-electron chi connectivity index (χ2n) is 44.4. The Balaban J connectivity index is 0.000000105. The van der Waals surface area contributed by atoms with Gasteiger partial charge in [-0.1, -0.05) is 69.4 Å². The number of allylic oxidation sites excluding steroid dienone is 11. The van der Waals surface area contributed by atoms with E-state index in [1.54, 1.807) is 68.1 Å². The fourth-order valence-electron chi connectivity index (χ4n) is 26.6. The molecular formula is C110H131B6N11O21S. The van der Waals surface area contributed by atoms with Gasteiger partial charge >= 0.3 is 54.9 Å². The van der Waals surface area contributed by atoms with Gasteiger partial charge in [-0.3, -0.25) is 24.7 Å². The number of piperidine rings is 1. The number of sulfonamides is 1. The van der Waals surface area contributed by atoms with Crippen LogP contribution in [0.5, 0.6) is 34.5 Å². The van der Waals surface area contributed by atoms with Crippen LogP contribution in [0.25, 0.3) is 79.8 Å². The van der Waals surface area contributed by atoms with Gasteiger partial charge in [0.1, 0.15) is 57.2 Å². The summed E-state index contributed by atoms with van der Waals surface area (Å²) in [5.41, 5.74) is 23.5. The van der Waals surface area contributed by atoms with Crippen LogP contribution in [-0.2, 0) is 54.7 Å². The van der Waals surface area contributed by atoms with Crippen molar-refractivity contribution in [3.8, 4) is 34.5 Å². The third kappa shape index (κ3) is 21.5. The van der Waals surface area contributed by atoms with E-state index >= 15 is 0 Å². The van der Waals surface area contributed by atoms with E-state index in [-0.39, 0.29) is 59.6 Å². The standard InChI is InChI=1S/C20H26BN3O4.C19H21BN2O3.C18H23BN2O4S.C18H21BN2O4.C18H20BNO3.C17H20BNO3/c1-12-11-24(19(25)27-20(2,3)4)8-6-13(12)15-9-21(26)28-16-10-23-18-14(17(15)16)5-7-22-18;23-19-5-10-3-11(6-19)16(12(4-10)7-19)14-8-20(24)25-15-9-22-18-13(17(14)15)1-2-21-18;1-3-7-26(23,24)21-13-8-12(9-13)17-11(2)19(22)25-16-10-20-15-6-4-5-14(15)18(16)17;1-2-6-24-18(22)21-12-7-11(8-12)14-9-19(23)25-16-10-20-15-5-3-4-13(15)17(14)16;1-11(21)12-5-7-13(8-6-12)15-9-19(22)23-17-10-20-16-4-2-3-14(16)18(15)17;1-21-12-7-5-11(6-8-12)14-9-18(20)22-16-10-19-15-4-2-3-13(15)17(14)16/h5,7,9-10,12-13,26H,6,8,11H2,1-4H3,(H,22,23);1-2,8-12,16,23-24H,3-7H2,(H,21,22);4-5,10,12-13,21-22H,3,6-9H2,1-2H3;3-4,9-12,23H,2,5-8H2,1H3,(H,21,22);2-3,9-10,12-13,22H,4-8H2,1H3;2-3,9-12,20H,4-8H2,1H3/t;10?,11-,12+,16?,19?;;;;. The molecule has 7 aliphatic heterocycles. The van der Waals surface area contributed by atoms with E-state index in [1.807, 2.05) is 84.0 Å². The number of Topliss-reactive ketones (excluding diaryl/α,β-unsaturated/α-hetero) is 1. The summed E-state index contributed by atoms with van der Waals surface area (Å²) in [5, 5.41) is 76.7. The summed E-state index contributed by atoms with van der Waals surface area (Å²) in [6.45, 7) is 16.9. The van der Waals surface area contributed by atoms with E-state index in [2.05, 4.69) is 105 Å². The number of aliphatic hydroxyl groups is 1. The summed E-state index contributed by atoms with van der Waals surface area (Å²) >= 11 is 0. The Kier molecular flexibility index (Phi) is 29.7. The number of methoxy groups -OCH3 is 1. The lowest BCUT2D eigenvalue weighted by molar-refractivity contribution is -0.139. The SMILES string of the molecule is CC(=O)C1CCC(C2=CB(O)Oc3cnc4c(c32)C=CC4)CC1.CC1CN(C(=O)OC(C)(C)C)CCC1C1=CB(O)Oc2cnc3[nH]ccc3c21.CCCOC(=O)NC1CC(C2=CB(O)Oc3cnc4c(c32)C=CC4)C1.CCCS(=O)(=O)NC1CC(C2=C(C)B(O)Oc3cnc4c(c32)C=CC4)C1.COC1CCC(C2=CB(O)Oc3cnc4c(c32)C=CC4)CC1.OB1C=C(C2[C@@H]3CC4C[C@H]2CC(O)(C4)C3)c2c(cnc3[nH]ccc23)O1. The highest BCUT2D eigenvalue weighted by Gasteiger charge is 2.57. The van der Waals surface area contributed by atoms with Crippen molar-refractivity contribution < 1.29 is 100 Å². The van der Waals surface area contributed by atoms with Gasteiger partial charge in [-0.15, -0.1) is 0 Å². The number of fused-ring (bicyclic) bond motifs is 18. The van der Waals surface area contributed by atoms with Crippen molar-refractivity contribution in [3.63, 3.8) is 0 Å². The lowest BCUT2D eigenvalue weighted by Gasteiger charge is -2.59. The monoisotopic (exact) mass is 2040 g/mol. The summed E-state index contributed by atoms with van der Waals surface area (Å²) in [5.74, 6) is 17.6. The van der Waals surface area contributed by atoms with E-state index < -0.39 is 63.9 Å². The zero-order valence-electron chi connectivity index (χ0n) is 86.0. The number of carbonyl (C=O) groups excluding carboxylic acids is 3. The van der Waals surface area contributed by atoms with E-state index in [1.165, 1.54) is 35.1 Å². The highest BCUT2D eigenvalue weighted by molar-refractivity contribution is 7.89. The van der Waals surface area contributed by atoms with Crippen LogP contribution in [0.4, 0.5) is 9.59 Å². The van der Waals surface area contributed by atoms with Gasteiger partial charge < -0.3 is 97.6 Å². The average Bonchev–Trinajstić information content (AvgIpc) is 1.25.